The van der Waals surface area contributed by atoms with Crippen molar-refractivity contribution in [3.63, 3.8) is 0 Å². The second kappa shape index (κ2) is 14.1. The fourth-order valence-corrected chi connectivity index (χ4v) is 13.0. The predicted octanol–water partition coefficient (Wildman–Crippen LogP) is 6.86. The first-order valence-electron chi connectivity index (χ1n) is 12.9. The number of rotatable bonds is 17. The summed E-state index contributed by atoms with van der Waals surface area (Å²) in [6, 6.07) is 2.08. The molecule has 2 atom stereocenters. The molecule has 2 unspecified atom stereocenters. The molecule has 0 aromatic heterocycles. The van der Waals surface area contributed by atoms with Gasteiger partial charge in [0.2, 0.25) is 0 Å². The lowest BCUT2D eigenvalue weighted by molar-refractivity contribution is 0.178. The van der Waals surface area contributed by atoms with Crippen LogP contribution in [0.2, 0.25) is 43.3 Å². The van der Waals surface area contributed by atoms with Crippen LogP contribution in [0.5, 0.6) is 0 Å². The highest BCUT2D eigenvalue weighted by Gasteiger charge is 2.43. The Morgan fingerprint density at radius 3 is 1.12 bits per heavy atom. The molecule has 0 spiro atoms. The van der Waals surface area contributed by atoms with Gasteiger partial charge in [0, 0.05) is 26.4 Å². The van der Waals surface area contributed by atoms with Crippen LogP contribution in [-0.2, 0) is 17.7 Å². The van der Waals surface area contributed by atoms with E-state index in [1.807, 2.05) is 0 Å². The smallest absolute Gasteiger partial charge is 0.335 e. The maximum absolute atomic E-state index is 6.16. The standard InChI is InChI=1S/C24H57NO4Si3/c1-14-26-31(12,27-15-2)20-22(5)18-25(30(10,11)24(7,8)9)19-23(6)21-32(13,28-16-3)29-17-4/h22-23H,14-21H2,1-13H3. The van der Waals surface area contributed by atoms with Crippen LogP contribution in [0, 0.1) is 11.8 Å². The molecule has 0 aliphatic heterocycles. The zero-order valence-electron chi connectivity index (χ0n) is 23.9. The Balaban J connectivity index is 5.58. The van der Waals surface area contributed by atoms with Crippen LogP contribution < -0.4 is 0 Å². The minimum Gasteiger partial charge on any atom is -0.395 e. The van der Waals surface area contributed by atoms with Crippen molar-refractivity contribution in [3.05, 3.63) is 0 Å². The molecule has 0 aromatic carbocycles. The third-order valence-electron chi connectivity index (χ3n) is 6.93. The fraction of sp³-hybridized carbons (Fsp3) is 1.00. The van der Waals surface area contributed by atoms with E-state index in [1.54, 1.807) is 0 Å². The Hall–Kier alpha value is 0.451. The number of hydrogen-bond acceptors (Lipinski definition) is 5. The van der Waals surface area contributed by atoms with Gasteiger partial charge in [-0.3, -0.25) is 0 Å². The average Bonchev–Trinajstić information content (AvgIpc) is 2.60. The van der Waals surface area contributed by atoms with E-state index >= 15 is 0 Å². The van der Waals surface area contributed by atoms with Crippen LogP contribution in [-0.4, -0.2) is 69.4 Å². The van der Waals surface area contributed by atoms with E-state index in [0.717, 1.165) is 51.6 Å². The van der Waals surface area contributed by atoms with Crippen LogP contribution >= 0.6 is 0 Å². The van der Waals surface area contributed by atoms with E-state index in [0.29, 0.717) is 16.9 Å². The summed E-state index contributed by atoms with van der Waals surface area (Å²) in [4.78, 5) is 0. The van der Waals surface area contributed by atoms with Gasteiger partial charge in [0.15, 0.2) is 0 Å². The minimum absolute atomic E-state index is 0.299. The molecule has 0 amide bonds. The minimum atomic E-state index is -2.13. The van der Waals surface area contributed by atoms with Crippen molar-refractivity contribution in [2.75, 3.05) is 39.5 Å². The lowest BCUT2D eigenvalue weighted by Gasteiger charge is -2.48. The van der Waals surface area contributed by atoms with E-state index < -0.39 is 25.4 Å². The van der Waals surface area contributed by atoms with Gasteiger partial charge in [0.1, 0.15) is 8.24 Å². The zero-order chi connectivity index (χ0) is 25.2. The predicted molar refractivity (Wildman–Crippen MR) is 146 cm³/mol. The van der Waals surface area contributed by atoms with Gasteiger partial charge < -0.3 is 22.3 Å². The first-order valence-corrected chi connectivity index (χ1v) is 20.9. The quantitative estimate of drug-likeness (QED) is 0.201. The third kappa shape index (κ3) is 10.8. The lowest BCUT2D eigenvalue weighted by Crippen LogP contribution is -2.58. The summed E-state index contributed by atoms with van der Waals surface area (Å²) in [5, 5.41) is 0.299. The highest BCUT2D eigenvalue weighted by molar-refractivity contribution is 6.77. The van der Waals surface area contributed by atoms with Crippen molar-refractivity contribution in [1.82, 2.24) is 4.57 Å². The molecule has 0 heterocycles. The van der Waals surface area contributed by atoms with E-state index in [1.165, 1.54) is 0 Å². The molecule has 0 bridgehead atoms. The fourth-order valence-electron chi connectivity index (χ4n) is 4.69. The van der Waals surface area contributed by atoms with Gasteiger partial charge in [-0.2, -0.15) is 0 Å². The van der Waals surface area contributed by atoms with Gasteiger partial charge in [-0.1, -0.05) is 47.7 Å². The Morgan fingerprint density at radius 2 is 0.906 bits per heavy atom. The molecule has 0 fully saturated rings. The van der Waals surface area contributed by atoms with Crippen LogP contribution in [0.4, 0.5) is 0 Å². The maximum atomic E-state index is 6.16. The highest BCUT2D eigenvalue weighted by Crippen LogP contribution is 2.40. The molecule has 0 N–H and O–H groups in total. The summed E-state index contributed by atoms with van der Waals surface area (Å²) < 4.78 is 27.5. The Bertz CT molecular complexity index is 470. The van der Waals surface area contributed by atoms with Crippen molar-refractivity contribution < 1.29 is 17.7 Å². The third-order valence-corrected chi connectivity index (χ3v) is 19.0. The normalized spacial score (nSPS) is 15.9. The molecule has 0 rings (SSSR count). The van der Waals surface area contributed by atoms with Gasteiger partial charge in [-0.05, 0) is 82.8 Å². The van der Waals surface area contributed by atoms with Crippen molar-refractivity contribution in [1.29, 1.82) is 0 Å². The summed E-state index contributed by atoms with van der Waals surface area (Å²) in [6.07, 6.45) is 0. The Morgan fingerprint density at radius 1 is 0.625 bits per heavy atom. The molecule has 0 saturated heterocycles. The summed E-state index contributed by atoms with van der Waals surface area (Å²) in [5.74, 6) is 1.07. The summed E-state index contributed by atoms with van der Waals surface area (Å²) in [5.41, 5.74) is 0. The summed E-state index contributed by atoms with van der Waals surface area (Å²) in [6.45, 7) is 35.0. The molecular weight excluding hydrogens is 451 g/mol. The van der Waals surface area contributed by atoms with E-state index in [9.17, 15) is 0 Å². The summed E-state index contributed by atoms with van der Waals surface area (Å²) >= 11 is 0. The van der Waals surface area contributed by atoms with Crippen molar-refractivity contribution in [2.45, 2.75) is 106 Å². The molecular formula is C24H57NO4Si3. The highest BCUT2D eigenvalue weighted by atomic mass is 28.4. The first-order chi connectivity index (χ1) is 14.6. The molecule has 194 valence electrons. The van der Waals surface area contributed by atoms with Gasteiger partial charge >= 0.3 is 17.1 Å². The van der Waals surface area contributed by atoms with Crippen molar-refractivity contribution >= 4 is 25.4 Å². The monoisotopic (exact) mass is 507 g/mol. The molecule has 32 heavy (non-hydrogen) atoms. The van der Waals surface area contributed by atoms with Crippen LogP contribution in [0.25, 0.3) is 0 Å². The SMILES string of the molecule is CCO[Si](C)(CC(C)CN(CC(C)C[Si](C)(OCC)OCC)[Si](C)(C)C(C)(C)C)OCC. The molecule has 0 aliphatic carbocycles. The van der Waals surface area contributed by atoms with Gasteiger partial charge in [0.25, 0.3) is 0 Å². The van der Waals surface area contributed by atoms with Crippen LogP contribution in [0.1, 0.15) is 62.3 Å². The zero-order valence-corrected chi connectivity index (χ0v) is 26.9. The van der Waals surface area contributed by atoms with Gasteiger partial charge in [-0.15, -0.1) is 0 Å². The van der Waals surface area contributed by atoms with E-state index in [-0.39, 0.29) is 0 Å². The van der Waals surface area contributed by atoms with E-state index in [4.69, 9.17) is 17.7 Å². The Labute approximate surface area is 204 Å². The molecule has 0 saturated carbocycles. The average molecular weight is 508 g/mol. The maximum Gasteiger partial charge on any atom is 0.335 e. The second-order valence-electron chi connectivity index (χ2n) is 11.3. The first kappa shape index (κ1) is 32.5. The molecule has 0 radical (unpaired) electrons. The van der Waals surface area contributed by atoms with Gasteiger partial charge in [-0.25, -0.2) is 0 Å². The van der Waals surface area contributed by atoms with Crippen molar-refractivity contribution in [3.8, 4) is 0 Å². The largest absolute Gasteiger partial charge is 0.395 e. The summed E-state index contributed by atoms with van der Waals surface area (Å²) in [7, 11) is -5.94. The number of nitrogens with zero attached hydrogens (tertiary/aromatic N) is 1. The Kier molecular flexibility index (Phi) is 14.3. The van der Waals surface area contributed by atoms with Crippen LogP contribution in [0.3, 0.4) is 0 Å². The second-order valence-corrected chi connectivity index (χ2v) is 23.1. The molecule has 0 aromatic rings. The van der Waals surface area contributed by atoms with Crippen molar-refractivity contribution in [2.24, 2.45) is 11.8 Å². The topological polar surface area (TPSA) is 40.2 Å². The molecule has 0 aliphatic rings. The number of hydrogen-bond donors (Lipinski definition) is 0. The molecule has 8 heteroatoms. The molecule has 5 nitrogen and oxygen atoms in total. The lowest BCUT2D eigenvalue weighted by atomic mass is 10.2. The van der Waals surface area contributed by atoms with Crippen LogP contribution in [0.15, 0.2) is 0 Å². The van der Waals surface area contributed by atoms with Gasteiger partial charge in [0.05, 0.1) is 0 Å². The van der Waals surface area contributed by atoms with E-state index in [2.05, 4.69) is 93.1 Å².